The van der Waals surface area contributed by atoms with Crippen LogP contribution in [0, 0.1) is 0 Å². The fourth-order valence-electron chi connectivity index (χ4n) is 4.00. The van der Waals surface area contributed by atoms with Gasteiger partial charge in [-0.2, -0.15) is 5.10 Å². The number of hydrogen-bond acceptors (Lipinski definition) is 4. The first-order chi connectivity index (χ1) is 13.7. The molecule has 1 aromatic heterocycles. The molecule has 1 fully saturated rings. The van der Waals surface area contributed by atoms with Gasteiger partial charge >= 0.3 is 0 Å². The number of aromatic amines is 1. The summed E-state index contributed by atoms with van der Waals surface area (Å²) in [6, 6.07) is 8.27. The molecule has 7 heteroatoms. The molecule has 2 aromatic rings. The Hall–Kier alpha value is -2.70. The van der Waals surface area contributed by atoms with Crippen LogP contribution in [0.4, 0.5) is 0 Å². The molecule has 0 amide bonds. The fraction of sp³-hybridized carbons (Fsp3) is 0.524. The Balaban J connectivity index is 1.74. The summed E-state index contributed by atoms with van der Waals surface area (Å²) >= 11 is 0. The predicted molar refractivity (Wildman–Crippen MR) is 111 cm³/mol. The smallest absolute Gasteiger partial charge is 0.191 e. The molecule has 0 atom stereocenters. The Morgan fingerprint density at radius 1 is 1.11 bits per heavy atom. The fourth-order valence-corrected chi connectivity index (χ4v) is 4.00. The number of benzene rings is 1. The maximum Gasteiger partial charge on any atom is 0.191 e. The van der Waals surface area contributed by atoms with Crippen LogP contribution in [0.1, 0.15) is 43.4 Å². The van der Waals surface area contributed by atoms with Crippen molar-refractivity contribution in [2.45, 2.75) is 44.1 Å². The van der Waals surface area contributed by atoms with Gasteiger partial charge in [0, 0.05) is 25.2 Å². The van der Waals surface area contributed by atoms with E-state index in [4.69, 9.17) is 9.47 Å². The first-order valence-electron chi connectivity index (χ1n) is 9.86. The third kappa shape index (κ3) is 4.58. The van der Waals surface area contributed by atoms with Crippen LogP contribution in [0.2, 0.25) is 0 Å². The number of nitrogens with one attached hydrogen (secondary N) is 3. The van der Waals surface area contributed by atoms with Crippen LogP contribution in [0.25, 0.3) is 0 Å². The third-order valence-corrected chi connectivity index (χ3v) is 5.63. The van der Waals surface area contributed by atoms with E-state index in [9.17, 15) is 0 Å². The molecular formula is C21H31N5O2. The summed E-state index contributed by atoms with van der Waals surface area (Å²) < 4.78 is 11.0. The van der Waals surface area contributed by atoms with E-state index in [0.29, 0.717) is 6.54 Å². The second-order valence-corrected chi connectivity index (χ2v) is 7.27. The van der Waals surface area contributed by atoms with E-state index in [1.807, 2.05) is 12.1 Å². The molecule has 1 aromatic carbocycles. The Morgan fingerprint density at radius 3 is 2.54 bits per heavy atom. The molecule has 0 aliphatic heterocycles. The standard InChI is InChI=1S/C21H31N5O2/c1-22-20(23-14-17-9-12-25-26-17)24-15-21(10-5-4-6-11-21)16-7-8-18(27-2)19(13-16)28-3/h7-9,12-13H,4-6,10-11,14-15H2,1-3H3,(H,25,26)(H2,22,23,24). The highest BCUT2D eigenvalue weighted by Gasteiger charge is 2.34. The molecule has 0 unspecified atom stereocenters. The summed E-state index contributed by atoms with van der Waals surface area (Å²) in [5.74, 6) is 2.34. The molecular weight excluding hydrogens is 354 g/mol. The van der Waals surface area contributed by atoms with E-state index < -0.39 is 0 Å². The summed E-state index contributed by atoms with van der Waals surface area (Å²) in [7, 11) is 5.16. The van der Waals surface area contributed by atoms with Crippen molar-refractivity contribution in [3.05, 3.63) is 41.7 Å². The van der Waals surface area contributed by atoms with Crippen LogP contribution < -0.4 is 20.1 Å². The number of aliphatic imine (C=N–C) groups is 1. The third-order valence-electron chi connectivity index (χ3n) is 5.63. The van der Waals surface area contributed by atoms with Crippen LogP contribution in [0.5, 0.6) is 11.5 Å². The minimum Gasteiger partial charge on any atom is -0.493 e. The molecule has 0 radical (unpaired) electrons. The molecule has 0 saturated heterocycles. The van der Waals surface area contributed by atoms with Gasteiger partial charge in [0.05, 0.1) is 26.5 Å². The van der Waals surface area contributed by atoms with Crippen molar-refractivity contribution in [1.82, 2.24) is 20.8 Å². The summed E-state index contributed by atoms with van der Waals surface area (Å²) in [5.41, 5.74) is 2.38. The number of hydrogen-bond donors (Lipinski definition) is 3. The van der Waals surface area contributed by atoms with Crippen molar-refractivity contribution in [3.63, 3.8) is 0 Å². The molecule has 152 valence electrons. The molecule has 1 aliphatic rings. The largest absolute Gasteiger partial charge is 0.493 e. The van der Waals surface area contributed by atoms with Crippen molar-refractivity contribution >= 4 is 5.96 Å². The van der Waals surface area contributed by atoms with Gasteiger partial charge in [0.1, 0.15) is 0 Å². The molecule has 1 saturated carbocycles. The maximum atomic E-state index is 5.55. The van der Waals surface area contributed by atoms with Gasteiger partial charge in [-0.3, -0.25) is 10.1 Å². The second kappa shape index (κ2) is 9.48. The number of methoxy groups -OCH3 is 2. The van der Waals surface area contributed by atoms with E-state index in [1.54, 1.807) is 27.5 Å². The maximum absolute atomic E-state index is 5.55. The average molecular weight is 386 g/mol. The Morgan fingerprint density at radius 2 is 1.89 bits per heavy atom. The zero-order valence-electron chi connectivity index (χ0n) is 17.0. The lowest BCUT2D eigenvalue weighted by molar-refractivity contribution is 0.288. The van der Waals surface area contributed by atoms with Gasteiger partial charge in [-0.05, 0) is 36.6 Å². The number of nitrogens with zero attached hydrogens (tertiary/aromatic N) is 2. The van der Waals surface area contributed by atoms with Crippen molar-refractivity contribution in [2.75, 3.05) is 27.8 Å². The van der Waals surface area contributed by atoms with Gasteiger partial charge in [-0.15, -0.1) is 0 Å². The quantitative estimate of drug-likeness (QED) is 0.504. The number of rotatable bonds is 7. The second-order valence-electron chi connectivity index (χ2n) is 7.27. The molecule has 3 N–H and O–H groups in total. The Labute approximate surface area is 166 Å². The highest BCUT2D eigenvalue weighted by molar-refractivity contribution is 5.79. The average Bonchev–Trinajstić information content (AvgIpc) is 3.27. The molecule has 7 nitrogen and oxygen atoms in total. The minimum absolute atomic E-state index is 0.0589. The Bertz CT molecular complexity index is 767. The van der Waals surface area contributed by atoms with E-state index in [0.717, 1.165) is 42.5 Å². The minimum atomic E-state index is 0.0589. The van der Waals surface area contributed by atoms with E-state index in [2.05, 4.69) is 38.0 Å². The van der Waals surface area contributed by atoms with E-state index in [-0.39, 0.29) is 5.41 Å². The lowest BCUT2D eigenvalue weighted by Crippen LogP contribution is -2.46. The number of guanidine groups is 1. The zero-order valence-corrected chi connectivity index (χ0v) is 17.0. The molecule has 28 heavy (non-hydrogen) atoms. The van der Waals surface area contributed by atoms with Gasteiger partial charge in [0.25, 0.3) is 0 Å². The van der Waals surface area contributed by atoms with Crippen LogP contribution in [0.15, 0.2) is 35.5 Å². The van der Waals surface area contributed by atoms with Gasteiger partial charge in [-0.25, -0.2) is 0 Å². The van der Waals surface area contributed by atoms with Gasteiger partial charge < -0.3 is 20.1 Å². The SMILES string of the molecule is CN=C(NCc1ccn[nH]1)NCC1(c2ccc(OC)c(OC)c2)CCCCC1. The normalized spacial score (nSPS) is 16.5. The highest BCUT2D eigenvalue weighted by Crippen LogP contribution is 2.42. The highest BCUT2D eigenvalue weighted by atomic mass is 16.5. The van der Waals surface area contributed by atoms with Gasteiger partial charge in [-0.1, -0.05) is 25.3 Å². The molecule has 0 spiro atoms. The lowest BCUT2D eigenvalue weighted by atomic mass is 9.69. The molecule has 1 aliphatic carbocycles. The van der Waals surface area contributed by atoms with Crippen LogP contribution in [0.3, 0.4) is 0 Å². The Kier molecular flexibility index (Phi) is 6.79. The number of H-pyrrole nitrogens is 1. The predicted octanol–water partition coefficient (Wildman–Crippen LogP) is 2.99. The monoisotopic (exact) mass is 385 g/mol. The number of aromatic nitrogens is 2. The van der Waals surface area contributed by atoms with Crippen LogP contribution in [-0.4, -0.2) is 44.0 Å². The first kappa shape index (κ1) is 20.0. The number of ether oxygens (including phenoxy) is 2. The van der Waals surface area contributed by atoms with E-state index in [1.165, 1.54) is 24.8 Å². The van der Waals surface area contributed by atoms with Gasteiger partial charge in [0.2, 0.25) is 0 Å². The van der Waals surface area contributed by atoms with E-state index >= 15 is 0 Å². The summed E-state index contributed by atoms with van der Waals surface area (Å²) in [5, 5.41) is 13.8. The van der Waals surface area contributed by atoms with Crippen molar-refractivity contribution in [1.29, 1.82) is 0 Å². The zero-order chi connectivity index (χ0) is 19.8. The van der Waals surface area contributed by atoms with Crippen molar-refractivity contribution in [2.24, 2.45) is 4.99 Å². The lowest BCUT2D eigenvalue weighted by Gasteiger charge is -2.38. The summed E-state index contributed by atoms with van der Waals surface area (Å²) in [6.45, 7) is 1.48. The summed E-state index contributed by atoms with van der Waals surface area (Å²) in [6.07, 6.45) is 7.80. The van der Waals surface area contributed by atoms with Crippen LogP contribution >= 0.6 is 0 Å². The van der Waals surface area contributed by atoms with Gasteiger partial charge in [0.15, 0.2) is 17.5 Å². The van der Waals surface area contributed by atoms with Crippen molar-refractivity contribution < 1.29 is 9.47 Å². The first-order valence-corrected chi connectivity index (χ1v) is 9.86. The van der Waals surface area contributed by atoms with Crippen molar-refractivity contribution in [3.8, 4) is 11.5 Å². The molecule has 3 rings (SSSR count). The topological polar surface area (TPSA) is 83.6 Å². The summed E-state index contributed by atoms with van der Waals surface area (Å²) in [4.78, 5) is 4.37. The molecule has 1 heterocycles. The molecule has 0 bridgehead atoms. The van der Waals surface area contributed by atoms with Crippen LogP contribution in [-0.2, 0) is 12.0 Å².